The van der Waals surface area contributed by atoms with E-state index in [1.54, 1.807) is 18.2 Å². The van der Waals surface area contributed by atoms with Crippen LogP contribution < -0.4 is 15.5 Å². The first-order chi connectivity index (χ1) is 15.4. The molecule has 0 fully saturated rings. The second-order valence-corrected chi connectivity index (χ2v) is 7.75. The number of anilines is 1. The molecule has 3 aromatic carbocycles. The molecular formula is C24H21Cl2N3O3. The molecule has 0 saturated heterocycles. The Bertz CT molecular complexity index is 1110. The van der Waals surface area contributed by atoms with Crippen LogP contribution in [0.3, 0.4) is 0 Å². The van der Waals surface area contributed by atoms with E-state index in [9.17, 15) is 9.59 Å². The van der Waals surface area contributed by atoms with Gasteiger partial charge in [0.2, 0.25) is 11.8 Å². The van der Waals surface area contributed by atoms with Gasteiger partial charge in [-0.05, 0) is 54.4 Å². The third-order valence-corrected chi connectivity index (χ3v) is 5.17. The van der Waals surface area contributed by atoms with Gasteiger partial charge in [0.05, 0.1) is 21.9 Å². The van der Waals surface area contributed by atoms with Crippen molar-refractivity contribution in [3.8, 4) is 5.75 Å². The molecule has 0 radical (unpaired) electrons. The van der Waals surface area contributed by atoms with Gasteiger partial charge in [-0.15, -0.1) is 0 Å². The van der Waals surface area contributed by atoms with E-state index in [0.29, 0.717) is 17.3 Å². The fourth-order valence-corrected chi connectivity index (χ4v) is 3.01. The van der Waals surface area contributed by atoms with Crippen LogP contribution in [-0.4, -0.2) is 18.0 Å². The minimum atomic E-state index is -0.560. The molecule has 32 heavy (non-hydrogen) atoms. The van der Waals surface area contributed by atoms with Crippen molar-refractivity contribution in [1.29, 1.82) is 0 Å². The van der Waals surface area contributed by atoms with Crippen LogP contribution in [0.2, 0.25) is 10.0 Å². The highest BCUT2D eigenvalue weighted by Gasteiger charge is 2.12. The fourth-order valence-electron chi connectivity index (χ4n) is 2.66. The predicted octanol–water partition coefficient (Wildman–Crippen LogP) is 5.36. The van der Waals surface area contributed by atoms with Crippen LogP contribution in [0.25, 0.3) is 0 Å². The molecule has 2 N–H and O–H groups in total. The zero-order valence-electron chi connectivity index (χ0n) is 17.3. The number of ether oxygens (including phenoxy) is 1. The number of rotatable bonds is 8. The Morgan fingerprint density at radius 2 is 1.69 bits per heavy atom. The van der Waals surface area contributed by atoms with Gasteiger partial charge in [0.15, 0.2) is 0 Å². The number of halogens is 2. The zero-order valence-corrected chi connectivity index (χ0v) is 18.8. The van der Waals surface area contributed by atoms with E-state index in [1.165, 1.54) is 11.8 Å². The third-order valence-electron chi connectivity index (χ3n) is 4.36. The maximum absolute atomic E-state index is 12.0. The molecule has 0 aromatic heterocycles. The van der Waals surface area contributed by atoms with Crippen LogP contribution in [0, 0.1) is 6.92 Å². The van der Waals surface area contributed by atoms with E-state index < -0.39 is 18.2 Å². The number of nitrogens with zero attached hydrogens (tertiary/aromatic N) is 1. The monoisotopic (exact) mass is 469 g/mol. The van der Waals surface area contributed by atoms with Crippen LogP contribution in [0.1, 0.15) is 23.1 Å². The number of hydrogen-bond donors (Lipinski definition) is 2. The zero-order chi connectivity index (χ0) is 22.9. The van der Waals surface area contributed by atoms with Crippen LogP contribution in [0.15, 0.2) is 71.8 Å². The molecule has 0 aliphatic carbocycles. The average Bonchev–Trinajstić information content (AvgIpc) is 2.77. The van der Waals surface area contributed by atoms with Crippen molar-refractivity contribution < 1.29 is 14.3 Å². The lowest BCUT2D eigenvalue weighted by molar-refractivity contribution is -0.126. The second-order valence-electron chi connectivity index (χ2n) is 6.96. The van der Waals surface area contributed by atoms with Crippen LogP contribution in [0.5, 0.6) is 5.75 Å². The molecule has 0 aliphatic rings. The average molecular weight is 470 g/mol. The van der Waals surface area contributed by atoms with Gasteiger partial charge in [0.25, 0.3) is 0 Å². The maximum Gasteiger partial charge on any atom is 0.249 e. The van der Waals surface area contributed by atoms with Crippen LogP contribution in [-0.2, 0) is 16.2 Å². The van der Waals surface area contributed by atoms with Gasteiger partial charge in [-0.25, -0.2) is 5.43 Å². The van der Waals surface area contributed by atoms with E-state index in [1.807, 2.05) is 55.5 Å². The first-order valence-electron chi connectivity index (χ1n) is 9.75. The molecule has 8 heteroatoms. The summed E-state index contributed by atoms with van der Waals surface area (Å²) in [7, 11) is 0. The van der Waals surface area contributed by atoms with Crippen LogP contribution >= 0.6 is 23.2 Å². The summed E-state index contributed by atoms with van der Waals surface area (Å²) in [5, 5.41) is 6.94. The van der Waals surface area contributed by atoms with Crippen LogP contribution in [0.4, 0.5) is 5.69 Å². The minimum Gasteiger partial charge on any atom is -0.489 e. The minimum absolute atomic E-state index is 0.215. The molecule has 0 spiro atoms. The Morgan fingerprint density at radius 3 is 2.41 bits per heavy atom. The normalized spacial score (nSPS) is 10.7. The van der Waals surface area contributed by atoms with Crippen molar-refractivity contribution in [2.75, 3.05) is 5.32 Å². The summed E-state index contributed by atoms with van der Waals surface area (Å²) in [5.74, 6) is -0.366. The summed E-state index contributed by atoms with van der Waals surface area (Å²) in [6.45, 7) is 2.52. The Labute approximate surface area is 196 Å². The molecule has 0 saturated carbocycles. The lowest BCUT2D eigenvalue weighted by atomic mass is 10.2. The standard InChI is InChI=1S/C24H21Cl2N3O3/c1-16-5-7-18(8-6-16)15-32-19-11-9-17(10-12-19)14-27-29-23(31)13-22(30)28-21-4-2-3-20(25)24(21)26/h2-12,14H,13,15H2,1H3,(H,28,30)(H,29,31). The fraction of sp³-hybridized carbons (Fsp3) is 0.125. The molecular weight excluding hydrogens is 449 g/mol. The van der Waals surface area contributed by atoms with Gasteiger partial charge in [0, 0.05) is 0 Å². The van der Waals surface area contributed by atoms with Crippen molar-refractivity contribution in [1.82, 2.24) is 5.43 Å². The van der Waals surface area contributed by atoms with Gasteiger partial charge in [-0.2, -0.15) is 5.10 Å². The van der Waals surface area contributed by atoms with Gasteiger partial charge in [-0.3, -0.25) is 9.59 Å². The molecule has 0 bridgehead atoms. The lowest BCUT2D eigenvalue weighted by Crippen LogP contribution is -2.24. The topological polar surface area (TPSA) is 79.8 Å². The Morgan fingerprint density at radius 1 is 0.969 bits per heavy atom. The highest BCUT2D eigenvalue weighted by atomic mass is 35.5. The Hall–Kier alpha value is -3.35. The van der Waals surface area contributed by atoms with E-state index >= 15 is 0 Å². The van der Waals surface area contributed by atoms with Crippen molar-refractivity contribution in [2.45, 2.75) is 20.0 Å². The number of benzene rings is 3. The Kier molecular flexibility index (Phi) is 8.25. The summed E-state index contributed by atoms with van der Waals surface area (Å²) in [6, 6.07) is 20.3. The summed E-state index contributed by atoms with van der Waals surface area (Å²) < 4.78 is 5.76. The predicted molar refractivity (Wildman–Crippen MR) is 127 cm³/mol. The number of carbonyl (C=O) groups excluding carboxylic acids is 2. The van der Waals surface area contributed by atoms with Gasteiger partial charge >= 0.3 is 0 Å². The number of nitrogens with one attached hydrogen (secondary N) is 2. The number of aryl methyl sites for hydroxylation is 1. The SMILES string of the molecule is Cc1ccc(COc2ccc(C=NNC(=O)CC(=O)Nc3cccc(Cl)c3Cl)cc2)cc1. The smallest absolute Gasteiger partial charge is 0.249 e. The molecule has 3 rings (SSSR count). The van der Waals surface area contributed by atoms with Gasteiger partial charge < -0.3 is 10.1 Å². The summed E-state index contributed by atoms with van der Waals surface area (Å²) in [6.07, 6.45) is 1.07. The molecule has 6 nitrogen and oxygen atoms in total. The number of hydrogen-bond acceptors (Lipinski definition) is 4. The highest BCUT2D eigenvalue weighted by Crippen LogP contribution is 2.29. The van der Waals surface area contributed by atoms with Crippen molar-refractivity contribution in [3.63, 3.8) is 0 Å². The van der Waals surface area contributed by atoms with Crippen molar-refractivity contribution >= 4 is 46.9 Å². The third kappa shape index (κ3) is 7.11. The van der Waals surface area contributed by atoms with Crippen molar-refractivity contribution in [2.24, 2.45) is 5.10 Å². The molecule has 0 heterocycles. The first kappa shape index (κ1) is 23.3. The summed E-state index contributed by atoms with van der Waals surface area (Å²) in [4.78, 5) is 23.9. The Balaban J connectivity index is 1.43. The van der Waals surface area contributed by atoms with E-state index in [4.69, 9.17) is 27.9 Å². The molecule has 2 amide bonds. The number of carbonyl (C=O) groups is 2. The van der Waals surface area contributed by atoms with Gasteiger partial charge in [-0.1, -0.05) is 59.1 Å². The molecule has 3 aromatic rings. The largest absolute Gasteiger partial charge is 0.489 e. The van der Waals surface area contributed by atoms with E-state index in [-0.39, 0.29) is 5.02 Å². The highest BCUT2D eigenvalue weighted by molar-refractivity contribution is 6.44. The summed E-state index contributed by atoms with van der Waals surface area (Å²) in [5.41, 5.74) is 5.72. The van der Waals surface area contributed by atoms with Crippen molar-refractivity contribution in [3.05, 3.63) is 93.5 Å². The summed E-state index contributed by atoms with van der Waals surface area (Å²) >= 11 is 11.9. The maximum atomic E-state index is 12.0. The quantitative estimate of drug-likeness (QED) is 0.264. The molecule has 0 aliphatic heterocycles. The lowest BCUT2D eigenvalue weighted by Gasteiger charge is -2.07. The molecule has 0 unspecified atom stereocenters. The van der Waals surface area contributed by atoms with E-state index in [0.717, 1.165) is 16.9 Å². The molecule has 164 valence electrons. The first-order valence-corrected chi connectivity index (χ1v) is 10.5. The van der Waals surface area contributed by atoms with Gasteiger partial charge in [0.1, 0.15) is 18.8 Å². The number of amides is 2. The number of hydrazone groups is 1. The second kappa shape index (κ2) is 11.3. The van der Waals surface area contributed by atoms with E-state index in [2.05, 4.69) is 15.8 Å². The molecule has 0 atom stereocenters.